The first kappa shape index (κ1) is 12.3. The molecule has 0 aliphatic rings. The molecule has 0 spiro atoms. The Kier molecular flexibility index (Phi) is 2.68. The minimum Gasteiger partial charge on any atom is -0.361 e. The molecule has 2 N–H and O–H groups in total. The van der Waals surface area contributed by atoms with Gasteiger partial charge < -0.3 is 10.3 Å². The smallest absolute Gasteiger partial charge is 0.164 e. The molecule has 0 atom stereocenters. The predicted octanol–water partition coefficient (Wildman–Crippen LogP) is 3.35. The number of halogens is 1. The van der Waals surface area contributed by atoms with Crippen molar-refractivity contribution in [3.63, 3.8) is 0 Å². The first-order valence-electron chi connectivity index (χ1n) is 6.40. The maximum atomic E-state index is 4.33. The van der Waals surface area contributed by atoms with E-state index in [2.05, 4.69) is 47.4 Å². The van der Waals surface area contributed by atoms with Gasteiger partial charge in [0.15, 0.2) is 5.65 Å². The number of nitrogens with zero attached hydrogens (tertiary/aromatic N) is 4. The van der Waals surface area contributed by atoms with Crippen molar-refractivity contribution in [1.82, 2.24) is 24.7 Å². The summed E-state index contributed by atoms with van der Waals surface area (Å²) in [5.41, 5.74) is 2.86. The highest BCUT2D eigenvalue weighted by atomic mass is 79.9. The van der Waals surface area contributed by atoms with Crippen LogP contribution in [0.1, 0.15) is 0 Å². The van der Waals surface area contributed by atoms with Crippen LogP contribution in [0.15, 0.2) is 41.4 Å². The monoisotopic (exact) mass is 342 g/mol. The fraction of sp³-hybridized carbons (Fsp3) is 0.0714. The summed E-state index contributed by atoms with van der Waals surface area (Å²) >= 11 is 3.46. The fourth-order valence-electron chi connectivity index (χ4n) is 2.40. The van der Waals surface area contributed by atoms with Crippen molar-refractivity contribution < 1.29 is 0 Å². The highest BCUT2D eigenvalue weighted by Gasteiger charge is 2.13. The number of hydrogen-bond acceptors (Lipinski definition) is 4. The number of aromatic nitrogens is 5. The first-order valence-corrected chi connectivity index (χ1v) is 7.19. The number of benzene rings is 1. The number of nitrogens with one attached hydrogen (secondary N) is 2. The van der Waals surface area contributed by atoms with Crippen molar-refractivity contribution in [1.29, 1.82) is 0 Å². The molecule has 0 radical (unpaired) electrons. The Morgan fingerprint density at radius 3 is 3.05 bits per heavy atom. The average Bonchev–Trinajstić information content (AvgIpc) is 3.04. The second kappa shape index (κ2) is 4.56. The van der Waals surface area contributed by atoms with Crippen LogP contribution in [0.25, 0.3) is 21.9 Å². The second-order valence-corrected chi connectivity index (χ2v) is 5.49. The molecule has 4 aromatic rings. The average molecular weight is 343 g/mol. The van der Waals surface area contributed by atoms with E-state index in [1.54, 1.807) is 4.68 Å². The zero-order valence-corrected chi connectivity index (χ0v) is 12.7. The molecule has 0 unspecified atom stereocenters. The summed E-state index contributed by atoms with van der Waals surface area (Å²) in [5, 5.41) is 9.67. The van der Waals surface area contributed by atoms with Gasteiger partial charge in [-0.3, -0.25) is 0 Å². The number of anilines is 2. The van der Waals surface area contributed by atoms with Crippen molar-refractivity contribution in [3.05, 3.63) is 41.4 Å². The number of fused-ring (bicyclic) bond motifs is 2. The van der Waals surface area contributed by atoms with E-state index in [4.69, 9.17) is 0 Å². The van der Waals surface area contributed by atoms with Crippen LogP contribution in [0.5, 0.6) is 0 Å². The summed E-state index contributed by atoms with van der Waals surface area (Å²) in [6.45, 7) is 0. The Bertz CT molecular complexity index is 955. The van der Waals surface area contributed by atoms with E-state index < -0.39 is 0 Å². The number of aromatic amines is 1. The first-order chi connectivity index (χ1) is 10.2. The van der Waals surface area contributed by atoms with E-state index in [9.17, 15) is 0 Å². The molecule has 0 aliphatic heterocycles. The quantitative estimate of drug-likeness (QED) is 0.586. The summed E-state index contributed by atoms with van der Waals surface area (Å²) in [7, 11) is 1.86. The number of aryl methyl sites for hydroxylation is 1. The Morgan fingerprint density at radius 1 is 1.24 bits per heavy atom. The zero-order chi connectivity index (χ0) is 14.4. The fourth-order valence-corrected chi connectivity index (χ4v) is 3.01. The summed E-state index contributed by atoms with van der Waals surface area (Å²) in [6, 6.07) is 8.16. The third-order valence-electron chi connectivity index (χ3n) is 3.39. The Balaban J connectivity index is 1.83. The largest absolute Gasteiger partial charge is 0.361 e. The molecule has 3 heterocycles. The molecule has 1 aromatic carbocycles. The van der Waals surface area contributed by atoms with E-state index >= 15 is 0 Å². The summed E-state index contributed by atoms with van der Waals surface area (Å²) in [6.07, 6.45) is 3.46. The van der Waals surface area contributed by atoms with Gasteiger partial charge in [0, 0.05) is 29.8 Å². The highest BCUT2D eigenvalue weighted by Crippen LogP contribution is 2.29. The molecule has 0 saturated carbocycles. The van der Waals surface area contributed by atoms with Gasteiger partial charge in [-0.05, 0) is 40.2 Å². The van der Waals surface area contributed by atoms with Crippen molar-refractivity contribution in [2.45, 2.75) is 0 Å². The van der Waals surface area contributed by atoms with Gasteiger partial charge in [0.1, 0.15) is 16.7 Å². The lowest BCUT2D eigenvalue weighted by Gasteiger charge is -2.06. The van der Waals surface area contributed by atoms with Crippen LogP contribution < -0.4 is 5.32 Å². The molecule has 21 heavy (non-hydrogen) atoms. The van der Waals surface area contributed by atoms with Crippen LogP contribution in [-0.2, 0) is 7.05 Å². The highest BCUT2D eigenvalue weighted by molar-refractivity contribution is 9.10. The van der Waals surface area contributed by atoms with Gasteiger partial charge in [-0.25, -0.2) is 14.6 Å². The topological polar surface area (TPSA) is 71.4 Å². The lowest BCUT2D eigenvalue weighted by molar-refractivity contribution is 0.777. The molecule has 0 aliphatic carbocycles. The summed E-state index contributed by atoms with van der Waals surface area (Å²) in [4.78, 5) is 11.8. The van der Waals surface area contributed by atoms with Gasteiger partial charge in [0.05, 0.1) is 5.39 Å². The number of rotatable bonds is 2. The van der Waals surface area contributed by atoms with Gasteiger partial charge >= 0.3 is 0 Å². The molecule has 4 rings (SSSR count). The van der Waals surface area contributed by atoms with E-state index in [1.807, 2.05) is 31.4 Å². The predicted molar refractivity (Wildman–Crippen MR) is 85.6 cm³/mol. The maximum Gasteiger partial charge on any atom is 0.164 e. The molecule has 6 nitrogen and oxygen atoms in total. The van der Waals surface area contributed by atoms with Crippen molar-refractivity contribution in [2.24, 2.45) is 7.05 Å². The van der Waals surface area contributed by atoms with E-state index in [0.29, 0.717) is 0 Å². The van der Waals surface area contributed by atoms with E-state index in [0.717, 1.165) is 38.0 Å². The van der Waals surface area contributed by atoms with Gasteiger partial charge in [0.2, 0.25) is 0 Å². The van der Waals surface area contributed by atoms with Gasteiger partial charge in [0.25, 0.3) is 0 Å². The SMILES string of the molecule is Cn1nc(Br)c2c(Nc3ccc4[nH]ccc4c3)ncnc21. The van der Waals surface area contributed by atoms with E-state index in [1.165, 1.54) is 6.33 Å². The lowest BCUT2D eigenvalue weighted by atomic mass is 10.2. The molecule has 7 heteroatoms. The summed E-state index contributed by atoms with van der Waals surface area (Å²) < 4.78 is 2.45. The minimum atomic E-state index is 0.728. The third kappa shape index (κ3) is 1.97. The van der Waals surface area contributed by atoms with E-state index in [-0.39, 0.29) is 0 Å². The lowest BCUT2D eigenvalue weighted by Crippen LogP contribution is -1.97. The normalized spacial score (nSPS) is 11.3. The van der Waals surface area contributed by atoms with Gasteiger partial charge in [-0.2, -0.15) is 5.10 Å². The standard InChI is InChI=1S/C14H11BrN6/c1-21-14-11(12(15)20-21)13(17-7-18-14)19-9-2-3-10-8(6-9)4-5-16-10/h2-7,16H,1H3,(H,17,18,19). The van der Waals surface area contributed by atoms with Gasteiger partial charge in [-0.1, -0.05) is 0 Å². The van der Waals surface area contributed by atoms with Gasteiger partial charge in [-0.15, -0.1) is 0 Å². The van der Waals surface area contributed by atoms with Crippen LogP contribution in [-0.4, -0.2) is 24.7 Å². The second-order valence-electron chi connectivity index (χ2n) is 4.74. The van der Waals surface area contributed by atoms with Crippen LogP contribution >= 0.6 is 15.9 Å². The minimum absolute atomic E-state index is 0.728. The third-order valence-corrected chi connectivity index (χ3v) is 3.95. The molecule has 0 amide bonds. The maximum absolute atomic E-state index is 4.33. The van der Waals surface area contributed by atoms with Crippen LogP contribution in [0.4, 0.5) is 11.5 Å². The van der Waals surface area contributed by atoms with Crippen molar-refractivity contribution in [2.75, 3.05) is 5.32 Å². The molecule has 0 fully saturated rings. The Morgan fingerprint density at radius 2 is 2.14 bits per heavy atom. The Hall–Kier alpha value is -2.41. The van der Waals surface area contributed by atoms with Crippen molar-refractivity contribution >= 4 is 49.4 Å². The van der Waals surface area contributed by atoms with Crippen LogP contribution in [0.2, 0.25) is 0 Å². The molecular weight excluding hydrogens is 332 g/mol. The zero-order valence-electron chi connectivity index (χ0n) is 11.1. The van der Waals surface area contributed by atoms with Crippen molar-refractivity contribution in [3.8, 4) is 0 Å². The number of hydrogen-bond donors (Lipinski definition) is 2. The van der Waals surface area contributed by atoms with Crippen LogP contribution in [0, 0.1) is 0 Å². The molecule has 104 valence electrons. The molecule has 0 bridgehead atoms. The molecule has 0 saturated heterocycles. The van der Waals surface area contributed by atoms with Crippen LogP contribution in [0.3, 0.4) is 0 Å². The summed E-state index contributed by atoms with van der Waals surface area (Å²) in [5.74, 6) is 0.731. The molecule has 3 aromatic heterocycles. The Labute approximate surface area is 128 Å². The number of H-pyrrole nitrogens is 1. The molecular formula is C14H11BrN6.